The maximum Gasteiger partial charge on any atom is 0.251 e. The van der Waals surface area contributed by atoms with Gasteiger partial charge in [-0.1, -0.05) is 24.3 Å². The predicted octanol–water partition coefficient (Wildman–Crippen LogP) is 1.25. The van der Waals surface area contributed by atoms with Gasteiger partial charge in [-0.15, -0.1) is 0 Å². The standard InChI is InChI=1S/C17H18N2O3/c1-11-8-13(9-15(20)19-11)16(21)18-10-17(22)7-6-12-4-2-3-5-14(12)17/h2-5,8-9,22H,6-7,10H2,1H3,(H,18,21)(H,19,20). The summed E-state index contributed by atoms with van der Waals surface area (Å²) in [7, 11) is 0. The quantitative estimate of drug-likeness (QED) is 0.797. The van der Waals surface area contributed by atoms with Crippen LogP contribution in [0.4, 0.5) is 0 Å². The first-order valence-corrected chi connectivity index (χ1v) is 7.28. The van der Waals surface area contributed by atoms with Crippen molar-refractivity contribution < 1.29 is 9.90 Å². The Kier molecular flexibility index (Phi) is 3.58. The molecule has 114 valence electrons. The second-order valence-corrected chi connectivity index (χ2v) is 5.79. The number of nitrogens with one attached hydrogen (secondary N) is 2. The molecule has 5 heteroatoms. The Morgan fingerprint density at radius 1 is 1.36 bits per heavy atom. The van der Waals surface area contributed by atoms with Crippen molar-refractivity contribution in [1.29, 1.82) is 0 Å². The second kappa shape index (κ2) is 5.42. The fraction of sp³-hybridized carbons (Fsp3) is 0.294. The number of aromatic amines is 1. The summed E-state index contributed by atoms with van der Waals surface area (Å²) in [4.78, 5) is 26.2. The van der Waals surface area contributed by atoms with Gasteiger partial charge in [-0.3, -0.25) is 9.59 Å². The minimum atomic E-state index is -1.04. The molecular weight excluding hydrogens is 280 g/mol. The first-order valence-electron chi connectivity index (χ1n) is 7.28. The lowest BCUT2D eigenvalue weighted by Crippen LogP contribution is -2.39. The van der Waals surface area contributed by atoms with E-state index in [4.69, 9.17) is 0 Å². The number of aryl methyl sites for hydroxylation is 2. The van der Waals surface area contributed by atoms with Gasteiger partial charge in [0.15, 0.2) is 0 Å². The molecule has 1 heterocycles. The molecule has 5 nitrogen and oxygen atoms in total. The smallest absolute Gasteiger partial charge is 0.251 e. The molecule has 1 aliphatic carbocycles. The van der Waals surface area contributed by atoms with Crippen molar-refractivity contribution in [2.24, 2.45) is 0 Å². The van der Waals surface area contributed by atoms with Gasteiger partial charge in [0.2, 0.25) is 5.56 Å². The second-order valence-electron chi connectivity index (χ2n) is 5.79. The van der Waals surface area contributed by atoms with Crippen molar-refractivity contribution in [2.45, 2.75) is 25.4 Å². The summed E-state index contributed by atoms with van der Waals surface area (Å²) in [5, 5.41) is 13.5. The molecule has 0 radical (unpaired) electrons. The van der Waals surface area contributed by atoms with Crippen molar-refractivity contribution in [3.63, 3.8) is 0 Å². The number of hydrogen-bond acceptors (Lipinski definition) is 3. The Morgan fingerprint density at radius 2 is 2.14 bits per heavy atom. The molecule has 1 aliphatic rings. The van der Waals surface area contributed by atoms with E-state index in [0.717, 1.165) is 17.5 Å². The zero-order valence-corrected chi connectivity index (χ0v) is 12.3. The summed E-state index contributed by atoms with van der Waals surface area (Å²) in [6, 6.07) is 10.6. The van der Waals surface area contributed by atoms with Crippen LogP contribution in [0, 0.1) is 6.92 Å². The molecule has 0 spiro atoms. The SMILES string of the molecule is Cc1cc(C(=O)NCC2(O)CCc3ccccc32)cc(=O)[nH]1. The summed E-state index contributed by atoms with van der Waals surface area (Å²) in [6.07, 6.45) is 1.38. The average Bonchev–Trinajstić information content (AvgIpc) is 2.82. The third-order valence-corrected chi connectivity index (χ3v) is 4.11. The molecule has 3 rings (SSSR count). The first-order chi connectivity index (χ1) is 10.5. The third kappa shape index (κ3) is 2.67. The third-order valence-electron chi connectivity index (χ3n) is 4.11. The normalized spacial score (nSPS) is 19.7. The summed E-state index contributed by atoms with van der Waals surface area (Å²) < 4.78 is 0. The van der Waals surface area contributed by atoms with Crippen LogP contribution in [0.3, 0.4) is 0 Å². The van der Waals surface area contributed by atoms with E-state index in [1.165, 1.54) is 6.07 Å². The van der Waals surface area contributed by atoms with Crippen LogP contribution in [-0.2, 0) is 12.0 Å². The predicted molar refractivity (Wildman–Crippen MR) is 82.8 cm³/mol. The van der Waals surface area contributed by atoms with E-state index >= 15 is 0 Å². The van der Waals surface area contributed by atoms with Gasteiger partial charge in [0, 0.05) is 17.3 Å². The van der Waals surface area contributed by atoms with Crippen LogP contribution in [0.15, 0.2) is 41.2 Å². The molecule has 0 saturated carbocycles. The summed E-state index contributed by atoms with van der Waals surface area (Å²) in [5.74, 6) is -0.355. The van der Waals surface area contributed by atoms with Gasteiger partial charge in [0.25, 0.3) is 5.91 Å². The Bertz CT molecular complexity index is 781. The number of pyridine rings is 1. The molecule has 0 saturated heterocycles. The highest BCUT2D eigenvalue weighted by atomic mass is 16.3. The van der Waals surface area contributed by atoms with E-state index in [1.807, 2.05) is 24.3 Å². The Labute approximate surface area is 128 Å². The number of fused-ring (bicyclic) bond motifs is 1. The maximum atomic E-state index is 12.2. The number of aromatic nitrogens is 1. The van der Waals surface area contributed by atoms with Crippen molar-refractivity contribution in [2.75, 3.05) is 6.54 Å². The molecule has 0 bridgehead atoms. The fourth-order valence-corrected chi connectivity index (χ4v) is 2.99. The van der Waals surface area contributed by atoms with Crippen molar-refractivity contribution in [3.8, 4) is 0 Å². The molecule has 1 aromatic heterocycles. The molecule has 0 aliphatic heterocycles. The van der Waals surface area contributed by atoms with Crippen LogP contribution in [0.1, 0.15) is 33.6 Å². The zero-order chi connectivity index (χ0) is 15.7. The van der Waals surface area contributed by atoms with Crippen LogP contribution in [0.5, 0.6) is 0 Å². The minimum absolute atomic E-state index is 0.134. The number of carbonyl (C=O) groups excluding carboxylic acids is 1. The summed E-state index contributed by atoms with van der Waals surface area (Å²) in [5.41, 5.74) is 1.57. The highest BCUT2D eigenvalue weighted by Gasteiger charge is 2.36. The average molecular weight is 298 g/mol. The minimum Gasteiger partial charge on any atom is -0.383 e. The van der Waals surface area contributed by atoms with Crippen LogP contribution >= 0.6 is 0 Å². The van der Waals surface area contributed by atoms with Gasteiger partial charge in [-0.05, 0) is 37.0 Å². The summed E-state index contributed by atoms with van der Waals surface area (Å²) in [6.45, 7) is 1.85. The lowest BCUT2D eigenvalue weighted by Gasteiger charge is -2.24. The number of aliphatic hydroxyl groups is 1. The van der Waals surface area contributed by atoms with Crippen LogP contribution in [0.25, 0.3) is 0 Å². The molecule has 1 aromatic carbocycles. The van der Waals surface area contributed by atoms with E-state index in [2.05, 4.69) is 10.3 Å². The van der Waals surface area contributed by atoms with Crippen molar-refractivity contribution in [3.05, 3.63) is 69.1 Å². The molecule has 0 fully saturated rings. The van der Waals surface area contributed by atoms with Crippen molar-refractivity contribution in [1.82, 2.24) is 10.3 Å². The number of benzene rings is 1. The van der Waals surface area contributed by atoms with E-state index in [0.29, 0.717) is 17.7 Å². The molecule has 1 unspecified atom stereocenters. The topological polar surface area (TPSA) is 82.2 Å². The molecule has 2 aromatic rings. The maximum absolute atomic E-state index is 12.2. The first kappa shape index (κ1) is 14.5. The molecule has 1 amide bonds. The number of amides is 1. The largest absolute Gasteiger partial charge is 0.383 e. The van der Waals surface area contributed by atoms with E-state index in [1.54, 1.807) is 13.0 Å². The summed E-state index contributed by atoms with van der Waals surface area (Å²) >= 11 is 0. The zero-order valence-electron chi connectivity index (χ0n) is 12.3. The van der Waals surface area contributed by atoms with Crippen molar-refractivity contribution >= 4 is 5.91 Å². The van der Waals surface area contributed by atoms with Gasteiger partial charge >= 0.3 is 0 Å². The number of H-pyrrole nitrogens is 1. The van der Waals surface area contributed by atoms with Crippen LogP contribution in [-0.4, -0.2) is 22.5 Å². The Morgan fingerprint density at radius 3 is 2.91 bits per heavy atom. The van der Waals surface area contributed by atoms with E-state index in [9.17, 15) is 14.7 Å². The fourth-order valence-electron chi connectivity index (χ4n) is 2.99. The van der Waals surface area contributed by atoms with Gasteiger partial charge in [-0.25, -0.2) is 0 Å². The lowest BCUT2D eigenvalue weighted by molar-refractivity contribution is 0.0369. The van der Waals surface area contributed by atoms with Gasteiger partial charge in [0.1, 0.15) is 5.60 Å². The van der Waals surface area contributed by atoms with Crippen LogP contribution < -0.4 is 10.9 Å². The van der Waals surface area contributed by atoms with E-state index < -0.39 is 5.60 Å². The number of hydrogen-bond donors (Lipinski definition) is 3. The molecule has 22 heavy (non-hydrogen) atoms. The highest BCUT2D eigenvalue weighted by Crippen LogP contribution is 2.36. The molecular formula is C17H18N2O3. The highest BCUT2D eigenvalue weighted by molar-refractivity contribution is 5.94. The van der Waals surface area contributed by atoms with Crippen LogP contribution in [0.2, 0.25) is 0 Å². The molecule has 1 atom stereocenters. The Balaban J connectivity index is 1.75. The molecule has 3 N–H and O–H groups in total. The van der Waals surface area contributed by atoms with Gasteiger partial charge in [-0.2, -0.15) is 0 Å². The van der Waals surface area contributed by atoms with E-state index in [-0.39, 0.29) is 18.0 Å². The lowest BCUT2D eigenvalue weighted by atomic mass is 9.96. The Hall–Kier alpha value is -2.40. The number of carbonyl (C=O) groups is 1. The number of rotatable bonds is 3. The van der Waals surface area contributed by atoms with Gasteiger partial charge in [0.05, 0.1) is 6.54 Å². The van der Waals surface area contributed by atoms with Gasteiger partial charge < -0.3 is 15.4 Å². The monoisotopic (exact) mass is 298 g/mol.